The molecule has 0 saturated carbocycles. The van der Waals surface area contributed by atoms with Gasteiger partial charge in [-0.05, 0) is 66.3 Å². The highest BCUT2D eigenvalue weighted by Gasteiger charge is 2.10. The molecule has 0 saturated heterocycles. The summed E-state index contributed by atoms with van der Waals surface area (Å²) >= 11 is 0. The van der Waals surface area contributed by atoms with Crippen LogP contribution in [0.5, 0.6) is 11.5 Å². The van der Waals surface area contributed by atoms with Crippen LogP contribution in [0.3, 0.4) is 0 Å². The fraction of sp³-hybridized carbons (Fsp3) is 0.333. The third-order valence-electron chi connectivity index (χ3n) is 3.97. The van der Waals surface area contributed by atoms with Gasteiger partial charge in [0, 0.05) is 0 Å². The van der Waals surface area contributed by atoms with E-state index < -0.39 is 0 Å². The van der Waals surface area contributed by atoms with Gasteiger partial charge in [-0.25, -0.2) is 5.43 Å². The number of hydrogen-bond acceptors (Lipinski definition) is 4. The summed E-state index contributed by atoms with van der Waals surface area (Å²) in [4.78, 5) is 12.0. The van der Waals surface area contributed by atoms with E-state index in [1.54, 1.807) is 13.3 Å². The first-order valence-electron chi connectivity index (χ1n) is 8.60. The molecule has 138 valence electrons. The lowest BCUT2D eigenvalue weighted by Crippen LogP contribution is -2.25. The topological polar surface area (TPSA) is 59.9 Å². The van der Waals surface area contributed by atoms with Crippen molar-refractivity contribution in [2.24, 2.45) is 5.10 Å². The van der Waals surface area contributed by atoms with Crippen LogP contribution < -0.4 is 14.9 Å². The highest BCUT2D eigenvalue weighted by molar-refractivity contribution is 5.83. The number of benzene rings is 2. The normalized spacial score (nSPS) is 11.0. The highest BCUT2D eigenvalue weighted by Crippen LogP contribution is 2.27. The molecule has 5 nitrogen and oxygen atoms in total. The highest BCUT2D eigenvalue weighted by atomic mass is 16.5. The predicted octanol–water partition coefficient (Wildman–Crippen LogP) is 3.96. The number of carbonyl (C=O) groups is 1. The van der Waals surface area contributed by atoms with Crippen molar-refractivity contribution in [3.63, 3.8) is 0 Å². The summed E-state index contributed by atoms with van der Waals surface area (Å²) in [5.41, 5.74) is 6.55. The smallest absolute Gasteiger partial charge is 0.277 e. The number of amides is 1. The molecule has 0 aliphatic heterocycles. The van der Waals surface area contributed by atoms with Gasteiger partial charge in [-0.15, -0.1) is 0 Å². The van der Waals surface area contributed by atoms with Gasteiger partial charge < -0.3 is 9.47 Å². The SMILES string of the molecule is COc1ccc(/C=N/NC(=O)COc2cc(C)ccc2C(C)C)cc1C. The van der Waals surface area contributed by atoms with Gasteiger partial charge in [0.25, 0.3) is 5.91 Å². The second-order valence-electron chi connectivity index (χ2n) is 6.51. The van der Waals surface area contributed by atoms with Crippen LogP contribution in [0.2, 0.25) is 0 Å². The van der Waals surface area contributed by atoms with Crippen LogP contribution in [0.25, 0.3) is 0 Å². The summed E-state index contributed by atoms with van der Waals surface area (Å²) in [5, 5.41) is 3.98. The summed E-state index contributed by atoms with van der Waals surface area (Å²) in [6, 6.07) is 11.7. The molecule has 0 aliphatic rings. The van der Waals surface area contributed by atoms with Crippen molar-refractivity contribution >= 4 is 12.1 Å². The Morgan fingerprint density at radius 2 is 1.92 bits per heavy atom. The van der Waals surface area contributed by atoms with Crippen molar-refractivity contribution in [3.8, 4) is 11.5 Å². The van der Waals surface area contributed by atoms with Gasteiger partial charge in [-0.3, -0.25) is 4.79 Å². The molecule has 0 bridgehead atoms. The number of nitrogens with zero attached hydrogens (tertiary/aromatic N) is 1. The van der Waals surface area contributed by atoms with Crippen molar-refractivity contribution in [3.05, 3.63) is 58.7 Å². The van der Waals surface area contributed by atoms with Gasteiger partial charge >= 0.3 is 0 Å². The zero-order valence-corrected chi connectivity index (χ0v) is 16.0. The maximum Gasteiger partial charge on any atom is 0.277 e. The Morgan fingerprint density at radius 1 is 1.15 bits per heavy atom. The standard InChI is InChI=1S/C21H26N2O3/c1-14(2)18-8-6-15(3)10-20(18)26-13-21(24)23-22-12-17-7-9-19(25-5)16(4)11-17/h6-12,14H,13H2,1-5H3,(H,23,24)/b22-12+. The second-order valence-corrected chi connectivity index (χ2v) is 6.51. The summed E-state index contributed by atoms with van der Waals surface area (Å²) in [6.45, 7) is 8.06. The summed E-state index contributed by atoms with van der Waals surface area (Å²) in [5.74, 6) is 1.58. The third kappa shape index (κ3) is 5.34. The number of rotatable bonds is 7. The molecule has 0 spiro atoms. The zero-order valence-electron chi connectivity index (χ0n) is 16.0. The number of nitrogens with one attached hydrogen (secondary N) is 1. The van der Waals surface area contributed by atoms with Crippen LogP contribution >= 0.6 is 0 Å². The maximum absolute atomic E-state index is 12.0. The van der Waals surface area contributed by atoms with Gasteiger partial charge in [0.2, 0.25) is 0 Å². The Kier molecular flexibility index (Phi) is 6.78. The quantitative estimate of drug-likeness (QED) is 0.605. The van der Waals surface area contributed by atoms with E-state index in [1.165, 1.54) is 0 Å². The number of aryl methyl sites for hydroxylation is 2. The van der Waals surface area contributed by atoms with E-state index in [1.807, 2.05) is 50.2 Å². The fourth-order valence-electron chi connectivity index (χ4n) is 2.58. The molecular weight excluding hydrogens is 328 g/mol. The molecule has 2 aromatic carbocycles. The second kappa shape index (κ2) is 9.04. The average Bonchev–Trinajstić information content (AvgIpc) is 2.60. The van der Waals surface area contributed by atoms with E-state index in [9.17, 15) is 4.79 Å². The van der Waals surface area contributed by atoms with E-state index >= 15 is 0 Å². The molecule has 0 atom stereocenters. The largest absolute Gasteiger partial charge is 0.496 e. The molecule has 0 unspecified atom stereocenters. The molecule has 0 heterocycles. The Hall–Kier alpha value is -2.82. The average molecular weight is 354 g/mol. The third-order valence-corrected chi connectivity index (χ3v) is 3.97. The van der Waals surface area contributed by atoms with Gasteiger partial charge in [-0.2, -0.15) is 5.10 Å². The van der Waals surface area contributed by atoms with Gasteiger partial charge in [0.05, 0.1) is 13.3 Å². The lowest BCUT2D eigenvalue weighted by molar-refractivity contribution is -0.123. The van der Waals surface area contributed by atoms with Crippen molar-refractivity contribution in [2.45, 2.75) is 33.6 Å². The zero-order chi connectivity index (χ0) is 19.1. The van der Waals surface area contributed by atoms with Gasteiger partial charge in [0.1, 0.15) is 11.5 Å². The number of hydrazone groups is 1. The molecular formula is C21H26N2O3. The van der Waals surface area contributed by atoms with Crippen LogP contribution in [-0.2, 0) is 4.79 Å². The summed E-state index contributed by atoms with van der Waals surface area (Å²) < 4.78 is 10.9. The first-order valence-corrected chi connectivity index (χ1v) is 8.60. The minimum Gasteiger partial charge on any atom is -0.496 e. The predicted molar refractivity (Wildman–Crippen MR) is 104 cm³/mol. The Labute approximate surface area is 155 Å². The minimum atomic E-state index is -0.303. The Balaban J connectivity index is 1.91. The van der Waals surface area contributed by atoms with Crippen molar-refractivity contribution in [1.82, 2.24) is 5.43 Å². The molecule has 0 aromatic heterocycles. The fourth-order valence-corrected chi connectivity index (χ4v) is 2.58. The maximum atomic E-state index is 12.0. The van der Waals surface area contributed by atoms with Gasteiger partial charge in [-0.1, -0.05) is 26.0 Å². The molecule has 0 radical (unpaired) electrons. The van der Waals surface area contributed by atoms with E-state index in [0.717, 1.165) is 33.8 Å². The number of hydrogen-bond donors (Lipinski definition) is 1. The van der Waals surface area contributed by atoms with Crippen LogP contribution in [0.15, 0.2) is 41.5 Å². The summed E-state index contributed by atoms with van der Waals surface area (Å²) in [7, 11) is 1.63. The molecule has 0 aliphatic carbocycles. The van der Waals surface area contributed by atoms with Crippen molar-refractivity contribution in [2.75, 3.05) is 13.7 Å². The van der Waals surface area contributed by atoms with Crippen molar-refractivity contribution < 1.29 is 14.3 Å². The first-order chi connectivity index (χ1) is 12.4. The van der Waals surface area contributed by atoms with Crippen LogP contribution in [0.1, 0.15) is 42.0 Å². The molecule has 2 rings (SSSR count). The number of carbonyl (C=O) groups excluding carboxylic acids is 1. The molecule has 0 fully saturated rings. The monoisotopic (exact) mass is 354 g/mol. The van der Waals surface area contributed by atoms with Gasteiger partial charge in [0.15, 0.2) is 6.61 Å². The van der Waals surface area contributed by atoms with Crippen molar-refractivity contribution in [1.29, 1.82) is 0 Å². The molecule has 26 heavy (non-hydrogen) atoms. The number of methoxy groups -OCH3 is 1. The molecule has 5 heteroatoms. The lowest BCUT2D eigenvalue weighted by atomic mass is 10.0. The molecule has 1 amide bonds. The van der Waals surface area contributed by atoms with E-state index in [0.29, 0.717) is 5.92 Å². The molecule has 1 N–H and O–H groups in total. The van der Waals surface area contributed by atoms with E-state index in [-0.39, 0.29) is 12.5 Å². The minimum absolute atomic E-state index is 0.0812. The van der Waals surface area contributed by atoms with E-state index in [2.05, 4.69) is 24.4 Å². The van der Waals surface area contributed by atoms with E-state index in [4.69, 9.17) is 9.47 Å². The van der Waals surface area contributed by atoms with Crippen LogP contribution in [0.4, 0.5) is 0 Å². The first kappa shape index (κ1) is 19.5. The lowest BCUT2D eigenvalue weighted by Gasteiger charge is -2.14. The number of ether oxygens (including phenoxy) is 2. The Bertz CT molecular complexity index is 798. The molecule has 2 aromatic rings. The Morgan fingerprint density at radius 3 is 2.58 bits per heavy atom. The summed E-state index contributed by atoms with van der Waals surface area (Å²) in [6.07, 6.45) is 1.59. The van der Waals surface area contributed by atoms with Crippen LogP contribution in [0, 0.1) is 13.8 Å². The van der Waals surface area contributed by atoms with Crippen LogP contribution in [-0.4, -0.2) is 25.8 Å².